The van der Waals surface area contributed by atoms with E-state index in [1.165, 1.54) is 24.5 Å². The summed E-state index contributed by atoms with van der Waals surface area (Å²) in [6.45, 7) is 1.87. The summed E-state index contributed by atoms with van der Waals surface area (Å²) in [5, 5.41) is 2.43. The third kappa shape index (κ3) is 2.64. The zero-order valence-corrected chi connectivity index (χ0v) is 15.3. The number of fused-ring (bicyclic) bond motifs is 1. The molecule has 0 amide bonds. The predicted octanol–water partition coefficient (Wildman–Crippen LogP) is 0.623. The average Bonchev–Trinajstić information content (AvgIpc) is 3.29. The summed E-state index contributed by atoms with van der Waals surface area (Å²) in [5.41, 5.74) is 5.61. The van der Waals surface area contributed by atoms with E-state index in [1.807, 2.05) is 18.4 Å². The van der Waals surface area contributed by atoms with Gasteiger partial charge in [-0.1, -0.05) is 0 Å². The molecule has 2 heterocycles. The van der Waals surface area contributed by atoms with Crippen molar-refractivity contribution in [3.63, 3.8) is 0 Å². The number of methoxy groups -OCH3 is 1. The van der Waals surface area contributed by atoms with Crippen molar-refractivity contribution in [3.05, 3.63) is 53.3 Å². The molecule has 0 aliphatic heterocycles. The lowest BCUT2D eigenvalue weighted by atomic mass is 9.89. The minimum Gasteiger partial charge on any atom is -0.498 e. The van der Waals surface area contributed by atoms with E-state index in [4.69, 9.17) is 10.5 Å². The number of nitrogens with two attached hydrogens (primary N) is 1. The molecule has 2 aliphatic carbocycles. The summed E-state index contributed by atoms with van der Waals surface area (Å²) in [6.07, 6.45) is 1.57. The Balaban J connectivity index is 2.03. The molecule has 3 unspecified atom stereocenters. The molecular formula is C18H20FN3O3S. The van der Waals surface area contributed by atoms with Crippen LogP contribution in [0.3, 0.4) is 0 Å². The molecule has 0 aromatic carbocycles. The predicted molar refractivity (Wildman–Crippen MR) is 98.3 cm³/mol. The zero-order chi connectivity index (χ0) is 18.6. The largest absolute Gasteiger partial charge is 0.498 e. The molecule has 0 saturated heterocycles. The van der Waals surface area contributed by atoms with Crippen LogP contribution in [0.5, 0.6) is 0 Å². The quantitative estimate of drug-likeness (QED) is 0.818. The normalized spacial score (nSPS) is 23.3. The summed E-state index contributed by atoms with van der Waals surface area (Å²) in [4.78, 5) is 27.9. The second kappa shape index (κ2) is 6.21. The molecule has 138 valence electrons. The molecular weight excluding hydrogens is 357 g/mol. The molecule has 2 aliphatic rings. The number of rotatable bonds is 4. The molecule has 0 radical (unpaired) electrons. The van der Waals surface area contributed by atoms with Crippen molar-refractivity contribution in [2.45, 2.75) is 43.9 Å². The van der Waals surface area contributed by atoms with Gasteiger partial charge in [0.15, 0.2) is 0 Å². The van der Waals surface area contributed by atoms with Crippen LogP contribution >= 0.6 is 11.3 Å². The molecule has 1 saturated carbocycles. The second-order valence-electron chi connectivity index (χ2n) is 6.85. The van der Waals surface area contributed by atoms with Gasteiger partial charge in [-0.05, 0) is 42.9 Å². The van der Waals surface area contributed by atoms with Crippen LogP contribution in [-0.2, 0) is 4.74 Å². The van der Waals surface area contributed by atoms with Crippen molar-refractivity contribution in [3.8, 4) is 0 Å². The highest BCUT2D eigenvalue weighted by atomic mass is 32.1. The van der Waals surface area contributed by atoms with E-state index in [2.05, 4.69) is 4.98 Å². The molecule has 2 aromatic rings. The Hall–Kier alpha value is -2.19. The highest BCUT2D eigenvalue weighted by Crippen LogP contribution is 2.37. The van der Waals surface area contributed by atoms with Crippen LogP contribution in [0.15, 0.2) is 21.0 Å². The van der Waals surface area contributed by atoms with Gasteiger partial charge in [0, 0.05) is 17.0 Å². The standard InChI is InChI=1S/C18H20FN3O3S/c1-8(20)13-5-9(7-26-13)14-12(19)6-11-15(16(14)25-2)22(10-3-4-10)18(24)21-17(11)23/h5-8,10,12,14H,3-4,20H2,1-2H3,(H,21,23,24). The first kappa shape index (κ1) is 17.2. The molecule has 8 heteroatoms. The van der Waals surface area contributed by atoms with Crippen LogP contribution in [0.4, 0.5) is 4.39 Å². The Bertz CT molecular complexity index is 1090. The number of thiophene rings is 1. The lowest BCUT2D eigenvalue weighted by Crippen LogP contribution is -2.57. The van der Waals surface area contributed by atoms with Crippen LogP contribution in [0.25, 0.3) is 11.8 Å². The van der Waals surface area contributed by atoms with E-state index in [0.29, 0.717) is 11.1 Å². The molecule has 1 fully saturated rings. The second-order valence-corrected chi connectivity index (χ2v) is 7.79. The van der Waals surface area contributed by atoms with Crippen molar-refractivity contribution < 1.29 is 9.13 Å². The number of aromatic amines is 1. The first-order valence-electron chi connectivity index (χ1n) is 8.55. The van der Waals surface area contributed by atoms with Gasteiger partial charge in [0.25, 0.3) is 5.56 Å². The van der Waals surface area contributed by atoms with Crippen molar-refractivity contribution in [2.75, 3.05) is 7.11 Å². The van der Waals surface area contributed by atoms with Crippen molar-refractivity contribution in [2.24, 2.45) is 5.73 Å². The smallest absolute Gasteiger partial charge is 0.329 e. The minimum absolute atomic E-state index is 0.0190. The first-order chi connectivity index (χ1) is 12.4. The molecule has 3 N–H and O–H groups in total. The summed E-state index contributed by atoms with van der Waals surface area (Å²) in [5.74, 6) is -0.387. The van der Waals surface area contributed by atoms with Crippen LogP contribution in [0.1, 0.15) is 48.2 Å². The van der Waals surface area contributed by atoms with Crippen molar-refractivity contribution >= 4 is 23.2 Å². The van der Waals surface area contributed by atoms with Gasteiger partial charge in [0.2, 0.25) is 0 Å². The average molecular weight is 377 g/mol. The van der Waals surface area contributed by atoms with E-state index in [-0.39, 0.29) is 17.3 Å². The maximum atomic E-state index is 15.1. The van der Waals surface area contributed by atoms with Crippen LogP contribution in [-0.4, -0.2) is 22.8 Å². The van der Waals surface area contributed by atoms with E-state index in [1.54, 1.807) is 4.57 Å². The molecule has 0 spiro atoms. The third-order valence-electron chi connectivity index (χ3n) is 4.92. The number of ether oxygens (including phenoxy) is 1. The molecule has 26 heavy (non-hydrogen) atoms. The Morgan fingerprint density at radius 1 is 1.42 bits per heavy atom. The highest BCUT2D eigenvalue weighted by molar-refractivity contribution is 7.10. The number of halogens is 1. The van der Waals surface area contributed by atoms with Crippen molar-refractivity contribution in [1.29, 1.82) is 0 Å². The Morgan fingerprint density at radius 2 is 2.15 bits per heavy atom. The lowest BCUT2D eigenvalue weighted by Gasteiger charge is -2.25. The van der Waals surface area contributed by atoms with E-state index >= 15 is 4.39 Å². The number of aromatic nitrogens is 2. The number of nitrogens with zero attached hydrogens (tertiary/aromatic N) is 1. The molecule has 3 atom stereocenters. The fourth-order valence-electron chi connectivity index (χ4n) is 3.53. The molecule has 6 nitrogen and oxygen atoms in total. The van der Waals surface area contributed by atoms with Gasteiger partial charge in [-0.25, -0.2) is 9.18 Å². The minimum atomic E-state index is -1.43. The lowest BCUT2D eigenvalue weighted by molar-refractivity contribution is 0.290. The number of alkyl halides is 1. The summed E-state index contributed by atoms with van der Waals surface area (Å²) < 4.78 is 22.2. The van der Waals surface area contributed by atoms with Crippen LogP contribution in [0.2, 0.25) is 0 Å². The highest BCUT2D eigenvalue weighted by Gasteiger charge is 2.35. The topological polar surface area (TPSA) is 90.1 Å². The zero-order valence-electron chi connectivity index (χ0n) is 14.5. The first-order valence-corrected chi connectivity index (χ1v) is 9.43. The van der Waals surface area contributed by atoms with Crippen molar-refractivity contribution in [1.82, 2.24) is 9.55 Å². The van der Waals surface area contributed by atoms with Crippen LogP contribution < -0.4 is 27.6 Å². The third-order valence-corrected chi connectivity index (χ3v) is 6.07. The number of hydrogen-bond donors (Lipinski definition) is 2. The van der Waals surface area contributed by atoms with E-state index < -0.39 is 23.3 Å². The molecule has 0 bridgehead atoms. The molecule has 4 rings (SSSR count). The Kier molecular flexibility index (Phi) is 4.11. The summed E-state index contributed by atoms with van der Waals surface area (Å²) in [6, 6.07) is 1.74. The van der Waals surface area contributed by atoms with Gasteiger partial charge >= 0.3 is 5.69 Å². The van der Waals surface area contributed by atoms with E-state index in [9.17, 15) is 9.59 Å². The van der Waals surface area contributed by atoms with Gasteiger partial charge in [-0.3, -0.25) is 14.3 Å². The molecule has 2 aromatic heterocycles. The fourth-order valence-corrected chi connectivity index (χ4v) is 4.43. The van der Waals surface area contributed by atoms with Gasteiger partial charge in [-0.15, -0.1) is 11.3 Å². The monoisotopic (exact) mass is 377 g/mol. The van der Waals surface area contributed by atoms with Gasteiger partial charge in [0.1, 0.15) is 11.9 Å². The van der Waals surface area contributed by atoms with Gasteiger partial charge in [-0.2, -0.15) is 0 Å². The maximum Gasteiger partial charge on any atom is 0.329 e. The van der Waals surface area contributed by atoms with Gasteiger partial charge < -0.3 is 10.5 Å². The number of H-pyrrole nitrogens is 1. The van der Waals surface area contributed by atoms with Crippen LogP contribution in [0, 0.1) is 0 Å². The summed E-state index contributed by atoms with van der Waals surface area (Å²) in [7, 11) is 1.45. The number of hydrogen-bond acceptors (Lipinski definition) is 5. The Morgan fingerprint density at radius 3 is 2.73 bits per heavy atom. The SMILES string of the molecule is COC1=c2c(c(=O)[nH]c(=O)n2C2CC2)=CC(F)C1c1csc(C(C)N)c1. The van der Waals surface area contributed by atoms with E-state index in [0.717, 1.165) is 23.3 Å². The van der Waals surface area contributed by atoms with Gasteiger partial charge in [0.05, 0.1) is 23.6 Å². The fraction of sp³-hybridized carbons (Fsp3) is 0.444. The maximum absolute atomic E-state index is 15.1. The number of nitrogens with one attached hydrogen (secondary N) is 1. The summed E-state index contributed by atoms with van der Waals surface area (Å²) >= 11 is 1.47. The Labute approximate surface area is 152 Å².